The third kappa shape index (κ3) is 5.95. The van der Waals surface area contributed by atoms with Crippen molar-refractivity contribution in [3.8, 4) is 5.75 Å². The van der Waals surface area contributed by atoms with Gasteiger partial charge in [-0.05, 0) is 30.5 Å². The van der Waals surface area contributed by atoms with E-state index in [-0.39, 0.29) is 12.3 Å². The van der Waals surface area contributed by atoms with E-state index >= 15 is 0 Å². The van der Waals surface area contributed by atoms with Crippen molar-refractivity contribution >= 4 is 23.8 Å². The fourth-order valence-electron chi connectivity index (χ4n) is 3.47. The monoisotopic (exact) mass is 419 g/mol. The number of ether oxygens (including phenoxy) is 2. The van der Waals surface area contributed by atoms with Crippen LogP contribution in [0, 0.1) is 5.92 Å². The summed E-state index contributed by atoms with van der Waals surface area (Å²) in [4.78, 5) is 50.1. The number of nitrogens with one attached hydrogen (secondary N) is 2. The first kappa shape index (κ1) is 23.2. The summed E-state index contributed by atoms with van der Waals surface area (Å²) < 4.78 is 10.4. The molecule has 4 amide bonds. The summed E-state index contributed by atoms with van der Waals surface area (Å²) in [6, 6.07) is 6.07. The van der Waals surface area contributed by atoms with Gasteiger partial charge in [0.15, 0.2) is 6.61 Å². The maximum Gasteiger partial charge on any atom is 0.321 e. The lowest BCUT2D eigenvalue weighted by atomic mass is 9.84. The Bertz CT molecular complexity index is 765. The van der Waals surface area contributed by atoms with Gasteiger partial charge >= 0.3 is 12.0 Å². The summed E-state index contributed by atoms with van der Waals surface area (Å²) in [5.41, 5.74) is 0.803. The highest BCUT2D eigenvalue weighted by molar-refractivity contribution is 5.95. The summed E-state index contributed by atoms with van der Waals surface area (Å²) in [6.45, 7) is 2.00. The topological polar surface area (TPSA) is 114 Å². The van der Waals surface area contributed by atoms with Crippen molar-refractivity contribution in [2.75, 3.05) is 27.3 Å². The normalized spacial score (nSPS) is 18.5. The molecule has 1 fully saturated rings. The molecule has 1 heterocycles. The van der Waals surface area contributed by atoms with Gasteiger partial charge in [0.1, 0.15) is 5.75 Å². The van der Waals surface area contributed by atoms with Gasteiger partial charge < -0.3 is 19.7 Å². The molecule has 1 aliphatic heterocycles. The Morgan fingerprint density at radius 2 is 1.90 bits per heavy atom. The average molecular weight is 419 g/mol. The third-order valence-corrected chi connectivity index (χ3v) is 5.04. The van der Waals surface area contributed by atoms with Gasteiger partial charge in [-0.3, -0.25) is 19.7 Å². The standard InChI is InChI=1S/C21H29N3O6/c1-4-5-12-24-18(26)11-10-16(19(24)14-6-8-15(29-3)9-7-14)20(27)30-13-17(25)23-21(28)22-2/h6-9,16,19H,4-5,10-13H2,1-3H3,(H2,22,23,25,28)/t16-,19+/m0/s1. The number of urea groups is 1. The highest BCUT2D eigenvalue weighted by Gasteiger charge is 2.41. The number of likely N-dealkylation sites (tertiary alicyclic amines) is 1. The Kier molecular flexibility index (Phi) is 8.64. The van der Waals surface area contributed by atoms with Crippen LogP contribution in [-0.4, -0.2) is 56.0 Å². The SMILES string of the molecule is CCCCN1C(=O)CC[C@H](C(=O)OCC(=O)NC(=O)NC)[C@H]1c1ccc(OC)cc1. The highest BCUT2D eigenvalue weighted by atomic mass is 16.5. The molecular formula is C21H29N3O6. The molecule has 0 unspecified atom stereocenters. The minimum absolute atomic E-state index is 0.00863. The van der Waals surface area contributed by atoms with Gasteiger partial charge in [-0.1, -0.05) is 25.5 Å². The number of nitrogens with zero attached hydrogens (tertiary/aromatic N) is 1. The lowest BCUT2D eigenvalue weighted by Crippen LogP contribution is -2.46. The average Bonchev–Trinajstić information content (AvgIpc) is 2.76. The fraction of sp³-hybridized carbons (Fsp3) is 0.524. The molecule has 2 N–H and O–H groups in total. The molecule has 1 aromatic rings. The lowest BCUT2D eigenvalue weighted by molar-refractivity contribution is -0.159. The summed E-state index contributed by atoms with van der Waals surface area (Å²) in [5, 5.41) is 4.29. The number of rotatable bonds is 8. The van der Waals surface area contributed by atoms with Crippen molar-refractivity contribution in [3.63, 3.8) is 0 Å². The van der Waals surface area contributed by atoms with Gasteiger partial charge in [-0.2, -0.15) is 0 Å². The van der Waals surface area contributed by atoms with Crippen molar-refractivity contribution < 1.29 is 28.7 Å². The van der Waals surface area contributed by atoms with E-state index in [1.54, 1.807) is 24.1 Å². The van der Waals surface area contributed by atoms with E-state index in [1.165, 1.54) is 7.05 Å². The summed E-state index contributed by atoms with van der Waals surface area (Å²) in [7, 11) is 2.94. The second-order valence-corrected chi connectivity index (χ2v) is 7.04. The van der Waals surface area contributed by atoms with E-state index in [1.807, 2.05) is 24.4 Å². The van der Waals surface area contributed by atoms with Crippen molar-refractivity contribution in [1.29, 1.82) is 0 Å². The number of hydrogen-bond acceptors (Lipinski definition) is 6. The zero-order valence-corrected chi connectivity index (χ0v) is 17.6. The number of esters is 1. The maximum absolute atomic E-state index is 12.8. The van der Waals surface area contributed by atoms with Crippen LogP contribution < -0.4 is 15.4 Å². The summed E-state index contributed by atoms with van der Waals surface area (Å²) >= 11 is 0. The largest absolute Gasteiger partial charge is 0.497 e. The maximum atomic E-state index is 12.8. The van der Waals surface area contributed by atoms with E-state index in [4.69, 9.17) is 9.47 Å². The summed E-state index contributed by atoms with van der Waals surface area (Å²) in [6.07, 6.45) is 2.29. The van der Waals surface area contributed by atoms with Crippen LogP contribution in [0.5, 0.6) is 5.75 Å². The first-order chi connectivity index (χ1) is 14.4. The summed E-state index contributed by atoms with van der Waals surface area (Å²) in [5.74, 6) is -1.24. The minimum Gasteiger partial charge on any atom is -0.497 e. The number of benzene rings is 1. The molecule has 2 atom stereocenters. The van der Waals surface area contributed by atoms with Crippen molar-refractivity contribution in [1.82, 2.24) is 15.5 Å². The Hall–Kier alpha value is -3.10. The van der Waals surface area contributed by atoms with Crippen molar-refractivity contribution in [2.45, 2.75) is 38.6 Å². The zero-order chi connectivity index (χ0) is 22.1. The van der Waals surface area contributed by atoms with E-state index in [0.717, 1.165) is 18.4 Å². The molecule has 9 heteroatoms. The van der Waals surface area contributed by atoms with Gasteiger partial charge in [0.05, 0.1) is 19.1 Å². The molecular weight excluding hydrogens is 390 g/mol. The van der Waals surface area contributed by atoms with Crippen LogP contribution in [0.25, 0.3) is 0 Å². The first-order valence-corrected chi connectivity index (χ1v) is 10.0. The smallest absolute Gasteiger partial charge is 0.321 e. The first-order valence-electron chi connectivity index (χ1n) is 10.0. The number of methoxy groups -OCH3 is 1. The molecule has 0 aliphatic carbocycles. The minimum atomic E-state index is -0.724. The van der Waals surface area contributed by atoms with Crippen molar-refractivity contribution in [2.24, 2.45) is 5.92 Å². The van der Waals surface area contributed by atoms with Gasteiger partial charge in [-0.25, -0.2) is 4.79 Å². The predicted molar refractivity (Wildman–Crippen MR) is 109 cm³/mol. The van der Waals surface area contributed by atoms with E-state index in [9.17, 15) is 19.2 Å². The molecule has 2 rings (SSSR count). The van der Waals surface area contributed by atoms with Gasteiger partial charge in [-0.15, -0.1) is 0 Å². The van der Waals surface area contributed by atoms with E-state index < -0.39 is 36.5 Å². The van der Waals surface area contributed by atoms with Crippen LogP contribution in [0.2, 0.25) is 0 Å². The third-order valence-electron chi connectivity index (χ3n) is 5.04. The second kappa shape index (κ2) is 11.2. The van der Waals surface area contributed by atoms with Crippen LogP contribution in [0.4, 0.5) is 4.79 Å². The Morgan fingerprint density at radius 1 is 1.20 bits per heavy atom. The van der Waals surface area contributed by atoms with Crippen LogP contribution in [0.3, 0.4) is 0 Å². The fourth-order valence-corrected chi connectivity index (χ4v) is 3.47. The molecule has 0 saturated carbocycles. The lowest BCUT2D eigenvalue weighted by Gasteiger charge is -2.40. The Labute approximate surface area is 176 Å². The number of piperidine rings is 1. The number of carbonyl (C=O) groups excluding carboxylic acids is 4. The molecule has 1 aromatic carbocycles. The number of unbranched alkanes of at least 4 members (excludes halogenated alkanes) is 1. The second-order valence-electron chi connectivity index (χ2n) is 7.04. The number of hydrogen-bond donors (Lipinski definition) is 2. The van der Waals surface area contributed by atoms with Crippen LogP contribution >= 0.6 is 0 Å². The van der Waals surface area contributed by atoms with Crippen LogP contribution in [-0.2, 0) is 19.1 Å². The van der Waals surface area contributed by atoms with Gasteiger partial charge in [0.25, 0.3) is 5.91 Å². The Morgan fingerprint density at radius 3 is 2.50 bits per heavy atom. The quantitative estimate of drug-likeness (QED) is 0.621. The molecule has 0 spiro atoms. The number of imide groups is 1. The Balaban J connectivity index is 2.20. The van der Waals surface area contributed by atoms with Crippen LogP contribution in [0.1, 0.15) is 44.2 Å². The number of amides is 4. The number of carbonyl (C=O) groups is 4. The molecule has 30 heavy (non-hydrogen) atoms. The van der Waals surface area contributed by atoms with Crippen LogP contribution in [0.15, 0.2) is 24.3 Å². The van der Waals surface area contributed by atoms with Gasteiger partial charge in [0.2, 0.25) is 5.91 Å². The van der Waals surface area contributed by atoms with E-state index in [2.05, 4.69) is 5.32 Å². The molecule has 0 aromatic heterocycles. The molecule has 164 valence electrons. The van der Waals surface area contributed by atoms with E-state index in [0.29, 0.717) is 18.7 Å². The molecule has 9 nitrogen and oxygen atoms in total. The van der Waals surface area contributed by atoms with Gasteiger partial charge in [0, 0.05) is 20.0 Å². The molecule has 0 radical (unpaired) electrons. The highest BCUT2D eigenvalue weighted by Crippen LogP contribution is 2.38. The molecule has 1 aliphatic rings. The zero-order valence-electron chi connectivity index (χ0n) is 17.6. The molecule has 1 saturated heterocycles. The van der Waals surface area contributed by atoms with Crippen molar-refractivity contribution in [3.05, 3.63) is 29.8 Å². The molecule has 0 bridgehead atoms. The predicted octanol–water partition coefficient (Wildman–Crippen LogP) is 1.77.